The van der Waals surface area contributed by atoms with Crippen LogP contribution in [0.1, 0.15) is 18.4 Å². The molecule has 110 valence electrons. The fourth-order valence-corrected chi connectivity index (χ4v) is 2.61. The van der Waals surface area contributed by atoms with Gasteiger partial charge in [0, 0.05) is 19.8 Å². The number of amides is 1. The smallest absolute Gasteiger partial charge is 0.240 e. The normalized spacial score (nSPS) is 17.8. The van der Waals surface area contributed by atoms with E-state index in [1.165, 1.54) is 0 Å². The first-order valence-electron chi connectivity index (χ1n) is 6.61. The lowest BCUT2D eigenvalue weighted by molar-refractivity contribution is -0.129. The van der Waals surface area contributed by atoms with Crippen LogP contribution in [0.5, 0.6) is 0 Å². The van der Waals surface area contributed by atoms with Crippen LogP contribution in [0.2, 0.25) is 10.0 Å². The van der Waals surface area contributed by atoms with E-state index >= 15 is 0 Å². The molecule has 0 unspecified atom stereocenters. The number of nitrogens with one attached hydrogen (secondary N) is 1. The number of benzene rings is 1. The Labute approximate surface area is 128 Å². The highest BCUT2D eigenvalue weighted by Gasteiger charge is 2.35. The van der Waals surface area contributed by atoms with Gasteiger partial charge >= 0.3 is 0 Å². The first kappa shape index (κ1) is 15.6. The lowest BCUT2D eigenvalue weighted by Crippen LogP contribution is -2.57. The minimum atomic E-state index is -0.809. The number of hydrogen-bond donors (Lipinski definition) is 2. The Morgan fingerprint density at radius 2 is 2.05 bits per heavy atom. The predicted molar refractivity (Wildman–Crippen MR) is 80.1 cm³/mol. The van der Waals surface area contributed by atoms with Crippen molar-refractivity contribution in [1.82, 2.24) is 5.32 Å². The Balaban J connectivity index is 1.86. The summed E-state index contributed by atoms with van der Waals surface area (Å²) < 4.78 is 5.23. The van der Waals surface area contributed by atoms with Gasteiger partial charge in [0.15, 0.2) is 0 Å². The molecule has 1 amide bonds. The highest BCUT2D eigenvalue weighted by atomic mass is 35.5. The summed E-state index contributed by atoms with van der Waals surface area (Å²) in [6, 6.07) is 5.48. The fourth-order valence-electron chi connectivity index (χ4n) is 2.19. The van der Waals surface area contributed by atoms with Crippen molar-refractivity contribution < 1.29 is 9.53 Å². The number of carbonyl (C=O) groups excluding carboxylic acids is 1. The van der Waals surface area contributed by atoms with Gasteiger partial charge in [-0.15, -0.1) is 0 Å². The lowest BCUT2D eigenvalue weighted by atomic mass is 9.90. The fraction of sp³-hybridized carbons (Fsp3) is 0.500. The van der Waals surface area contributed by atoms with Gasteiger partial charge < -0.3 is 15.8 Å². The monoisotopic (exact) mass is 316 g/mol. The largest absolute Gasteiger partial charge is 0.381 e. The van der Waals surface area contributed by atoms with Gasteiger partial charge in [-0.2, -0.15) is 0 Å². The van der Waals surface area contributed by atoms with Gasteiger partial charge in [-0.1, -0.05) is 35.3 Å². The number of nitrogens with two attached hydrogens (primary N) is 1. The maximum Gasteiger partial charge on any atom is 0.240 e. The van der Waals surface area contributed by atoms with Crippen molar-refractivity contribution >= 4 is 29.1 Å². The van der Waals surface area contributed by atoms with E-state index in [0.717, 1.165) is 5.56 Å². The molecule has 1 aromatic rings. The second-order valence-corrected chi connectivity index (χ2v) is 5.77. The Morgan fingerprint density at radius 1 is 1.35 bits per heavy atom. The molecule has 0 aromatic heterocycles. The van der Waals surface area contributed by atoms with E-state index in [0.29, 0.717) is 49.1 Å². The molecule has 3 N–H and O–H groups in total. The zero-order chi connectivity index (χ0) is 14.6. The van der Waals surface area contributed by atoms with E-state index in [4.69, 9.17) is 33.7 Å². The summed E-state index contributed by atoms with van der Waals surface area (Å²) in [5.74, 6) is -0.126. The van der Waals surface area contributed by atoms with Crippen molar-refractivity contribution in [1.29, 1.82) is 0 Å². The summed E-state index contributed by atoms with van der Waals surface area (Å²) in [7, 11) is 0. The summed E-state index contributed by atoms with van der Waals surface area (Å²) in [6.45, 7) is 1.55. The van der Waals surface area contributed by atoms with Gasteiger partial charge in [0.25, 0.3) is 0 Å². The average Bonchev–Trinajstić information content (AvgIpc) is 2.44. The molecule has 2 rings (SSSR count). The van der Waals surface area contributed by atoms with Crippen LogP contribution in [-0.2, 0) is 16.0 Å². The Bertz CT molecular complexity index is 488. The maximum atomic E-state index is 12.1. The Hall–Kier alpha value is -0.810. The first-order valence-corrected chi connectivity index (χ1v) is 7.36. The molecule has 1 saturated heterocycles. The molecule has 0 bridgehead atoms. The van der Waals surface area contributed by atoms with E-state index in [1.54, 1.807) is 6.07 Å². The molecule has 6 heteroatoms. The second-order valence-electron chi connectivity index (χ2n) is 4.99. The third-order valence-corrected chi connectivity index (χ3v) is 4.41. The van der Waals surface area contributed by atoms with Gasteiger partial charge in [-0.3, -0.25) is 4.79 Å². The van der Waals surface area contributed by atoms with E-state index in [-0.39, 0.29) is 5.91 Å². The van der Waals surface area contributed by atoms with Crippen LogP contribution >= 0.6 is 23.2 Å². The minimum Gasteiger partial charge on any atom is -0.381 e. The van der Waals surface area contributed by atoms with E-state index in [9.17, 15) is 4.79 Å². The molecule has 0 aliphatic carbocycles. The molecule has 1 aliphatic rings. The van der Waals surface area contributed by atoms with Crippen LogP contribution in [-0.4, -0.2) is 31.2 Å². The molecule has 1 heterocycles. The number of ether oxygens (including phenoxy) is 1. The number of hydrogen-bond acceptors (Lipinski definition) is 3. The number of rotatable bonds is 4. The Kier molecular flexibility index (Phi) is 5.27. The Morgan fingerprint density at radius 3 is 2.75 bits per heavy atom. The predicted octanol–water partition coefficient (Wildman–Crippen LogP) is 2.16. The quantitative estimate of drug-likeness (QED) is 0.894. The summed E-state index contributed by atoms with van der Waals surface area (Å²) >= 11 is 12.0. The van der Waals surface area contributed by atoms with Crippen molar-refractivity contribution in [2.75, 3.05) is 19.8 Å². The van der Waals surface area contributed by atoms with Crippen LogP contribution in [0.4, 0.5) is 0 Å². The molecular weight excluding hydrogens is 299 g/mol. The molecule has 4 nitrogen and oxygen atoms in total. The standard InChI is InChI=1S/C14H18Cl2N2O2/c15-11-3-1-2-10(12(11)16)4-7-18-13(19)14(17)5-8-20-9-6-14/h1-3H,4-9,17H2,(H,18,19). The SMILES string of the molecule is NC1(C(=O)NCCc2cccc(Cl)c2Cl)CCOCC1. The molecule has 0 spiro atoms. The van der Waals surface area contributed by atoms with Crippen molar-refractivity contribution in [3.63, 3.8) is 0 Å². The molecule has 20 heavy (non-hydrogen) atoms. The lowest BCUT2D eigenvalue weighted by Gasteiger charge is -2.31. The molecule has 1 fully saturated rings. The van der Waals surface area contributed by atoms with Crippen LogP contribution in [0, 0.1) is 0 Å². The van der Waals surface area contributed by atoms with Crippen molar-refractivity contribution in [3.05, 3.63) is 33.8 Å². The third kappa shape index (κ3) is 3.64. The van der Waals surface area contributed by atoms with E-state index < -0.39 is 5.54 Å². The summed E-state index contributed by atoms with van der Waals surface area (Å²) in [5, 5.41) is 3.93. The van der Waals surface area contributed by atoms with Crippen LogP contribution in [0.15, 0.2) is 18.2 Å². The van der Waals surface area contributed by atoms with Gasteiger partial charge in [0.2, 0.25) is 5.91 Å². The molecule has 0 atom stereocenters. The van der Waals surface area contributed by atoms with Gasteiger partial charge in [0.05, 0.1) is 15.6 Å². The highest BCUT2D eigenvalue weighted by Crippen LogP contribution is 2.25. The summed E-state index contributed by atoms with van der Waals surface area (Å²) in [5.41, 5.74) is 6.20. The van der Waals surface area contributed by atoms with Crippen LogP contribution in [0.25, 0.3) is 0 Å². The second kappa shape index (κ2) is 6.76. The minimum absolute atomic E-state index is 0.126. The molecule has 1 aliphatic heterocycles. The highest BCUT2D eigenvalue weighted by molar-refractivity contribution is 6.42. The number of carbonyl (C=O) groups is 1. The number of halogens is 2. The zero-order valence-electron chi connectivity index (χ0n) is 11.1. The topological polar surface area (TPSA) is 64.4 Å². The van der Waals surface area contributed by atoms with Gasteiger partial charge in [-0.05, 0) is 30.9 Å². The molecular formula is C14H18Cl2N2O2. The molecule has 0 saturated carbocycles. The maximum absolute atomic E-state index is 12.1. The molecule has 0 radical (unpaired) electrons. The average molecular weight is 317 g/mol. The van der Waals surface area contributed by atoms with Crippen molar-refractivity contribution in [2.24, 2.45) is 5.73 Å². The van der Waals surface area contributed by atoms with Gasteiger partial charge in [0.1, 0.15) is 0 Å². The van der Waals surface area contributed by atoms with Crippen LogP contribution in [0.3, 0.4) is 0 Å². The third-order valence-electron chi connectivity index (χ3n) is 3.55. The van der Waals surface area contributed by atoms with Crippen molar-refractivity contribution in [3.8, 4) is 0 Å². The summed E-state index contributed by atoms with van der Waals surface area (Å²) in [4.78, 5) is 12.1. The van der Waals surface area contributed by atoms with Gasteiger partial charge in [-0.25, -0.2) is 0 Å². The van der Waals surface area contributed by atoms with Crippen LogP contribution < -0.4 is 11.1 Å². The molecule has 1 aromatic carbocycles. The van der Waals surface area contributed by atoms with E-state index in [2.05, 4.69) is 5.32 Å². The first-order chi connectivity index (χ1) is 9.53. The van der Waals surface area contributed by atoms with Crippen molar-refractivity contribution in [2.45, 2.75) is 24.8 Å². The van der Waals surface area contributed by atoms with E-state index in [1.807, 2.05) is 12.1 Å². The summed E-state index contributed by atoms with van der Waals surface area (Å²) in [6.07, 6.45) is 1.73. The zero-order valence-corrected chi connectivity index (χ0v) is 12.6.